The second-order valence-electron chi connectivity index (χ2n) is 6.35. The highest BCUT2D eigenvalue weighted by atomic mass is 15.6. The Morgan fingerprint density at radius 2 is 1.26 bits per heavy atom. The molecule has 0 radical (unpaired) electrons. The minimum atomic E-state index is 0.648. The maximum atomic E-state index is 4.81. The number of benzene rings is 3. The lowest BCUT2D eigenvalue weighted by Crippen LogP contribution is -2.36. The fraction of sp³-hybridized carbons (Fsp3) is 0.0455. The first-order valence-corrected chi connectivity index (χ1v) is 8.87. The Labute approximate surface area is 157 Å². The van der Waals surface area contributed by atoms with Crippen molar-refractivity contribution in [3.63, 3.8) is 0 Å². The highest BCUT2D eigenvalue weighted by Gasteiger charge is 2.27. The third-order valence-corrected chi connectivity index (χ3v) is 4.64. The van der Waals surface area contributed by atoms with Gasteiger partial charge in [0.2, 0.25) is 0 Å². The number of hydrogen-bond acceptors (Lipinski definition) is 4. The first-order valence-electron chi connectivity index (χ1n) is 8.87. The fourth-order valence-corrected chi connectivity index (χ4v) is 3.32. The molecule has 0 saturated carbocycles. The van der Waals surface area contributed by atoms with Crippen molar-refractivity contribution in [2.75, 3.05) is 4.90 Å². The van der Waals surface area contributed by atoms with Gasteiger partial charge in [-0.15, -0.1) is 15.0 Å². The van der Waals surface area contributed by atoms with Crippen LogP contribution >= 0.6 is 0 Å². The van der Waals surface area contributed by atoms with Gasteiger partial charge >= 0.3 is 0 Å². The number of aromatic nitrogens is 3. The molecule has 0 spiro atoms. The Bertz CT molecular complexity index is 1090. The summed E-state index contributed by atoms with van der Waals surface area (Å²) in [5, 5.41) is 13.5. The van der Waals surface area contributed by atoms with Gasteiger partial charge in [0.1, 0.15) is 11.4 Å². The van der Waals surface area contributed by atoms with Crippen molar-refractivity contribution in [3.8, 4) is 11.3 Å². The Morgan fingerprint density at radius 3 is 1.93 bits per heavy atom. The molecule has 0 unspecified atom stereocenters. The first-order chi connectivity index (χ1) is 13.4. The van der Waals surface area contributed by atoms with Gasteiger partial charge in [-0.05, 0) is 17.3 Å². The Balaban J connectivity index is 1.67. The molecular formula is C22H17N5. The van der Waals surface area contributed by atoms with E-state index in [4.69, 9.17) is 5.10 Å². The quantitative estimate of drug-likeness (QED) is 0.556. The van der Waals surface area contributed by atoms with Crippen molar-refractivity contribution in [3.05, 3.63) is 102 Å². The summed E-state index contributed by atoms with van der Waals surface area (Å²) >= 11 is 0. The van der Waals surface area contributed by atoms with Gasteiger partial charge in [-0.1, -0.05) is 78.9 Å². The molecule has 0 atom stereocenters. The number of anilines is 1. The van der Waals surface area contributed by atoms with Gasteiger partial charge in [0.05, 0.1) is 6.54 Å². The van der Waals surface area contributed by atoms with Crippen LogP contribution in [-0.2, 0) is 6.54 Å². The van der Waals surface area contributed by atoms with E-state index in [0.717, 1.165) is 34.0 Å². The Hall–Kier alpha value is -3.73. The Morgan fingerprint density at radius 1 is 0.667 bits per heavy atom. The molecule has 3 aromatic carbocycles. The maximum absolute atomic E-state index is 4.81. The van der Waals surface area contributed by atoms with Crippen molar-refractivity contribution < 1.29 is 0 Å². The predicted octanol–water partition coefficient (Wildman–Crippen LogP) is 4.18. The van der Waals surface area contributed by atoms with Crippen molar-refractivity contribution in [2.45, 2.75) is 6.54 Å². The topological polar surface area (TPSA) is 46.3 Å². The average Bonchev–Trinajstić information content (AvgIpc) is 3.18. The van der Waals surface area contributed by atoms with Crippen LogP contribution in [0.15, 0.2) is 96.1 Å². The van der Waals surface area contributed by atoms with Gasteiger partial charge in [0.15, 0.2) is 5.84 Å². The zero-order valence-corrected chi connectivity index (χ0v) is 14.6. The molecule has 130 valence electrons. The van der Waals surface area contributed by atoms with Crippen LogP contribution in [0.5, 0.6) is 0 Å². The third kappa shape index (κ3) is 2.79. The zero-order valence-electron chi connectivity index (χ0n) is 14.6. The standard InChI is InChI=1S/C22H17N5/c1-4-10-17(11-5-1)21-20-16-26(19-14-8-3-9-15-19)22(24-27(20)25-23-21)18-12-6-2-7-13-18/h1-15H,16H2. The summed E-state index contributed by atoms with van der Waals surface area (Å²) in [6.45, 7) is 0.648. The van der Waals surface area contributed by atoms with Gasteiger partial charge in [0, 0.05) is 16.8 Å². The summed E-state index contributed by atoms with van der Waals surface area (Å²) in [4.78, 5) is 3.87. The predicted molar refractivity (Wildman–Crippen MR) is 106 cm³/mol. The van der Waals surface area contributed by atoms with E-state index in [1.54, 1.807) is 4.79 Å². The summed E-state index contributed by atoms with van der Waals surface area (Å²) in [5.74, 6) is 0.860. The smallest absolute Gasteiger partial charge is 0.163 e. The van der Waals surface area contributed by atoms with Crippen LogP contribution in [0.1, 0.15) is 11.3 Å². The molecule has 0 fully saturated rings. The highest BCUT2D eigenvalue weighted by molar-refractivity contribution is 6.10. The van der Waals surface area contributed by atoms with E-state index in [1.807, 2.05) is 66.7 Å². The van der Waals surface area contributed by atoms with Gasteiger partial charge in [-0.3, -0.25) is 0 Å². The van der Waals surface area contributed by atoms with Gasteiger partial charge in [0.25, 0.3) is 0 Å². The van der Waals surface area contributed by atoms with Crippen LogP contribution in [0.3, 0.4) is 0 Å². The molecular weight excluding hydrogens is 334 g/mol. The van der Waals surface area contributed by atoms with Crippen molar-refractivity contribution >= 4 is 11.5 Å². The second kappa shape index (κ2) is 6.53. The summed E-state index contributed by atoms with van der Waals surface area (Å²) in [6, 6.07) is 30.6. The monoisotopic (exact) mass is 351 g/mol. The summed E-state index contributed by atoms with van der Waals surface area (Å²) in [7, 11) is 0. The number of rotatable bonds is 3. The van der Waals surface area contributed by atoms with Gasteiger partial charge < -0.3 is 4.90 Å². The molecule has 1 aromatic heterocycles. The summed E-state index contributed by atoms with van der Waals surface area (Å²) in [5.41, 5.74) is 5.03. The molecule has 0 bridgehead atoms. The number of nitrogens with zero attached hydrogens (tertiary/aromatic N) is 5. The van der Waals surface area contributed by atoms with Crippen molar-refractivity contribution in [1.82, 2.24) is 15.1 Å². The molecule has 4 aromatic rings. The molecule has 0 aliphatic carbocycles. The molecule has 1 aliphatic heterocycles. The molecule has 5 rings (SSSR count). The molecule has 5 nitrogen and oxygen atoms in total. The van der Waals surface area contributed by atoms with Crippen molar-refractivity contribution in [2.24, 2.45) is 5.10 Å². The minimum Gasteiger partial charge on any atom is -0.318 e. The van der Waals surface area contributed by atoms with E-state index < -0.39 is 0 Å². The van der Waals surface area contributed by atoms with Crippen LogP contribution in [0.4, 0.5) is 5.69 Å². The maximum Gasteiger partial charge on any atom is 0.163 e. The highest BCUT2D eigenvalue weighted by Crippen LogP contribution is 2.29. The van der Waals surface area contributed by atoms with Crippen LogP contribution in [0.25, 0.3) is 11.3 Å². The van der Waals surface area contributed by atoms with Crippen LogP contribution in [-0.4, -0.2) is 20.9 Å². The van der Waals surface area contributed by atoms with Crippen LogP contribution in [0.2, 0.25) is 0 Å². The minimum absolute atomic E-state index is 0.648. The van der Waals surface area contributed by atoms with Crippen LogP contribution < -0.4 is 4.90 Å². The Kier molecular flexibility index (Phi) is 3.76. The lowest BCUT2D eigenvalue weighted by atomic mass is 10.1. The molecule has 2 heterocycles. The number of hydrogen-bond donors (Lipinski definition) is 0. The molecule has 1 aliphatic rings. The van der Waals surface area contributed by atoms with E-state index in [0.29, 0.717) is 6.54 Å². The summed E-state index contributed by atoms with van der Waals surface area (Å²) < 4.78 is 0. The summed E-state index contributed by atoms with van der Waals surface area (Å²) in [6.07, 6.45) is 0. The van der Waals surface area contributed by atoms with E-state index >= 15 is 0 Å². The van der Waals surface area contributed by atoms with Crippen molar-refractivity contribution in [1.29, 1.82) is 0 Å². The third-order valence-electron chi connectivity index (χ3n) is 4.64. The molecule has 5 heteroatoms. The second-order valence-corrected chi connectivity index (χ2v) is 6.35. The molecule has 27 heavy (non-hydrogen) atoms. The lowest BCUT2D eigenvalue weighted by molar-refractivity contribution is 0.635. The van der Waals surface area contributed by atoms with E-state index in [9.17, 15) is 0 Å². The lowest BCUT2D eigenvalue weighted by Gasteiger charge is -2.29. The zero-order chi connectivity index (χ0) is 18.1. The van der Waals surface area contributed by atoms with E-state index in [-0.39, 0.29) is 0 Å². The first kappa shape index (κ1) is 15.5. The normalized spacial score (nSPS) is 13.2. The van der Waals surface area contributed by atoms with E-state index in [2.05, 4.69) is 39.5 Å². The molecule has 0 saturated heterocycles. The molecule has 0 amide bonds. The van der Waals surface area contributed by atoms with Gasteiger partial charge in [-0.25, -0.2) is 0 Å². The SMILES string of the molecule is c1ccc(C2=Nn3nnc(-c4ccccc4)c3CN2c2ccccc2)cc1. The number of amidine groups is 1. The number of fused-ring (bicyclic) bond motifs is 1. The van der Waals surface area contributed by atoms with E-state index in [1.165, 1.54) is 0 Å². The average molecular weight is 351 g/mol. The molecule has 0 N–H and O–H groups in total. The fourth-order valence-electron chi connectivity index (χ4n) is 3.32. The number of para-hydroxylation sites is 1. The largest absolute Gasteiger partial charge is 0.318 e. The van der Waals surface area contributed by atoms with Crippen LogP contribution in [0, 0.1) is 0 Å². The van der Waals surface area contributed by atoms with Gasteiger partial charge in [-0.2, -0.15) is 0 Å².